The number of benzene rings is 4. The normalized spacial score (nSPS) is 15.4. The molecule has 0 saturated carbocycles. The van der Waals surface area contributed by atoms with Gasteiger partial charge in [-0.25, -0.2) is 0 Å². The van der Waals surface area contributed by atoms with E-state index in [0.717, 1.165) is 39.0 Å². The van der Waals surface area contributed by atoms with Crippen LogP contribution in [0.25, 0.3) is 33.2 Å². The molecule has 194 valence electrons. The van der Waals surface area contributed by atoms with Crippen molar-refractivity contribution in [1.82, 2.24) is 4.90 Å². The van der Waals surface area contributed by atoms with E-state index >= 15 is 0 Å². The molecule has 0 aliphatic carbocycles. The second-order valence-electron chi connectivity index (χ2n) is 10.1. The van der Waals surface area contributed by atoms with Gasteiger partial charge in [-0.3, -0.25) is 9.59 Å². The van der Waals surface area contributed by atoms with Gasteiger partial charge in [0.1, 0.15) is 11.3 Å². The van der Waals surface area contributed by atoms with Crippen LogP contribution >= 0.6 is 0 Å². The Kier molecular flexibility index (Phi) is 6.72. The SMILES string of the molecule is O=C(O)C1CCCN(C(=O)c2ccc(-c3ccc(-c4c(Cc5ccccc5)oc5ccccc45)cc3)cc2)C1. The molecule has 5 heteroatoms. The van der Waals surface area contributed by atoms with Gasteiger partial charge >= 0.3 is 5.97 Å². The van der Waals surface area contributed by atoms with Crippen LogP contribution in [0.4, 0.5) is 0 Å². The zero-order valence-electron chi connectivity index (χ0n) is 21.5. The summed E-state index contributed by atoms with van der Waals surface area (Å²) in [4.78, 5) is 26.0. The van der Waals surface area contributed by atoms with Gasteiger partial charge in [0.2, 0.25) is 0 Å². The standard InChI is InChI=1S/C34H29NO4/c36-33(35-20-6-9-28(22-35)34(37)38)27-18-14-25(15-19-27)24-12-16-26(17-13-24)32-29-10-4-5-11-30(29)39-31(32)21-23-7-2-1-3-8-23/h1-5,7-8,10-19,28H,6,9,20-22H2,(H,37,38). The molecular formula is C34H29NO4. The van der Waals surface area contributed by atoms with Gasteiger partial charge in [-0.15, -0.1) is 0 Å². The molecule has 1 atom stereocenters. The summed E-state index contributed by atoms with van der Waals surface area (Å²) in [5.41, 5.74) is 6.94. The second-order valence-corrected chi connectivity index (χ2v) is 10.1. The topological polar surface area (TPSA) is 70.8 Å². The molecule has 1 amide bonds. The van der Waals surface area contributed by atoms with Crippen LogP contribution in [-0.4, -0.2) is 35.0 Å². The van der Waals surface area contributed by atoms with E-state index < -0.39 is 11.9 Å². The Hall–Kier alpha value is -4.64. The Morgan fingerprint density at radius 1 is 0.795 bits per heavy atom. The predicted molar refractivity (Wildman–Crippen MR) is 153 cm³/mol. The molecular weight excluding hydrogens is 486 g/mol. The summed E-state index contributed by atoms with van der Waals surface area (Å²) in [6, 6.07) is 34.5. The average Bonchev–Trinajstić information content (AvgIpc) is 3.35. The van der Waals surface area contributed by atoms with Crippen LogP contribution in [0.2, 0.25) is 0 Å². The molecule has 1 saturated heterocycles. The van der Waals surface area contributed by atoms with Gasteiger partial charge in [-0.1, -0.05) is 84.9 Å². The van der Waals surface area contributed by atoms with Crippen molar-refractivity contribution in [2.75, 3.05) is 13.1 Å². The van der Waals surface area contributed by atoms with Crippen LogP contribution < -0.4 is 0 Å². The molecule has 1 aliphatic heterocycles. The lowest BCUT2D eigenvalue weighted by Gasteiger charge is -2.30. The largest absolute Gasteiger partial charge is 0.481 e. The van der Waals surface area contributed by atoms with Crippen LogP contribution in [0.1, 0.15) is 34.5 Å². The maximum atomic E-state index is 13.0. The van der Waals surface area contributed by atoms with Gasteiger partial charge in [0.25, 0.3) is 5.91 Å². The first-order chi connectivity index (χ1) is 19.1. The monoisotopic (exact) mass is 515 g/mol. The van der Waals surface area contributed by atoms with Crippen molar-refractivity contribution in [3.8, 4) is 22.3 Å². The Balaban J connectivity index is 1.24. The van der Waals surface area contributed by atoms with Crippen LogP contribution in [0.15, 0.2) is 108 Å². The zero-order chi connectivity index (χ0) is 26.8. The van der Waals surface area contributed by atoms with Crippen LogP contribution in [0, 0.1) is 5.92 Å². The highest BCUT2D eigenvalue weighted by Crippen LogP contribution is 2.37. The maximum absolute atomic E-state index is 13.0. The molecule has 1 aromatic heterocycles. The minimum absolute atomic E-state index is 0.111. The molecule has 1 N–H and O–H groups in total. The number of aliphatic carboxylic acids is 1. The number of para-hydroxylation sites is 1. The van der Waals surface area contributed by atoms with E-state index in [1.807, 2.05) is 60.7 Å². The third-order valence-corrected chi connectivity index (χ3v) is 7.57. The van der Waals surface area contributed by atoms with Crippen LogP contribution in [0.5, 0.6) is 0 Å². The highest BCUT2D eigenvalue weighted by atomic mass is 16.4. The number of carbonyl (C=O) groups is 2. The molecule has 1 fully saturated rings. The summed E-state index contributed by atoms with van der Waals surface area (Å²) >= 11 is 0. The third kappa shape index (κ3) is 5.08. The van der Waals surface area contributed by atoms with E-state index in [1.54, 1.807) is 4.90 Å². The first-order valence-electron chi connectivity index (χ1n) is 13.3. The smallest absolute Gasteiger partial charge is 0.308 e. The molecule has 5 nitrogen and oxygen atoms in total. The minimum Gasteiger partial charge on any atom is -0.481 e. The molecule has 0 spiro atoms. The van der Waals surface area contributed by atoms with Crippen molar-refractivity contribution >= 4 is 22.8 Å². The van der Waals surface area contributed by atoms with Crippen LogP contribution in [0.3, 0.4) is 0 Å². The van der Waals surface area contributed by atoms with E-state index in [9.17, 15) is 14.7 Å². The molecule has 39 heavy (non-hydrogen) atoms. The van der Waals surface area contributed by atoms with Crippen molar-refractivity contribution in [1.29, 1.82) is 0 Å². The number of nitrogens with zero attached hydrogens (tertiary/aromatic N) is 1. The lowest BCUT2D eigenvalue weighted by atomic mass is 9.95. The molecule has 6 rings (SSSR count). The number of carboxylic acids is 1. The van der Waals surface area contributed by atoms with Gasteiger partial charge in [-0.05, 0) is 53.3 Å². The summed E-state index contributed by atoms with van der Waals surface area (Å²) in [5.74, 6) is -0.482. The molecule has 0 radical (unpaired) electrons. The summed E-state index contributed by atoms with van der Waals surface area (Å²) < 4.78 is 6.31. The summed E-state index contributed by atoms with van der Waals surface area (Å²) in [7, 11) is 0. The van der Waals surface area contributed by atoms with Crippen molar-refractivity contribution in [2.24, 2.45) is 5.92 Å². The van der Waals surface area contributed by atoms with Crippen molar-refractivity contribution in [3.05, 3.63) is 120 Å². The molecule has 5 aromatic rings. The number of fused-ring (bicyclic) bond motifs is 1. The number of rotatable bonds is 6. The van der Waals surface area contributed by atoms with Gasteiger partial charge in [0.05, 0.1) is 5.92 Å². The number of carbonyl (C=O) groups excluding carboxylic acids is 1. The van der Waals surface area contributed by atoms with Gasteiger partial charge in [0, 0.05) is 36.0 Å². The Bertz CT molecular complexity index is 1620. The average molecular weight is 516 g/mol. The van der Waals surface area contributed by atoms with Crippen molar-refractivity contribution < 1.29 is 19.1 Å². The third-order valence-electron chi connectivity index (χ3n) is 7.57. The molecule has 4 aromatic carbocycles. The van der Waals surface area contributed by atoms with Crippen molar-refractivity contribution in [3.63, 3.8) is 0 Å². The van der Waals surface area contributed by atoms with Gasteiger partial charge in [-0.2, -0.15) is 0 Å². The predicted octanol–water partition coefficient (Wildman–Crippen LogP) is 7.29. The first kappa shape index (κ1) is 24.7. The van der Waals surface area contributed by atoms with E-state index in [-0.39, 0.29) is 12.5 Å². The zero-order valence-corrected chi connectivity index (χ0v) is 21.5. The Labute approximate surface area is 227 Å². The fourth-order valence-corrected chi connectivity index (χ4v) is 5.50. The summed E-state index contributed by atoms with van der Waals surface area (Å²) in [6.45, 7) is 0.868. The Morgan fingerprint density at radius 2 is 1.44 bits per heavy atom. The number of piperidine rings is 1. The lowest BCUT2D eigenvalue weighted by molar-refractivity contribution is -0.143. The van der Waals surface area contributed by atoms with E-state index in [2.05, 4.69) is 42.5 Å². The van der Waals surface area contributed by atoms with Gasteiger partial charge < -0.3 is 14.4 Å². The minimum atomic E-state index is -0.832. The number of hydrogen-bond acceptors (Lipinski definition) is 3. The summed E-state index contributed by atoms with van der Waals surface area (Å²) in [6.07, 6.45) is 2.05. The highest BCUT2D eigenvalue weighted by molar-refractivity contribution is 5.97. The van der Waals surface area contributed by atoms with Gasteiger partial charge in [0.15, 0.2) is 0 Å². The Morgan fingerprint density at radius 3 is 2.15 bits per heavy atom. The van der Waals surface area contributed by atoms with E-state index in [1.165, 1.54) is 5.56 Å². The highest BCUT2D eigenvalue weighted by Gasteiger charge is 2.28. The number of likely N-dealkylation sites (tertiary alicyclic amines) is 1. The first-order valence-corrected chi connectivity index (χ1v) is 13.3. The lowest BCUT2D eigenvalue weighted by Crippen LogP contribution is -2.42. The molecule has 1 aliphatic rings. The maximum Gasteiger partial charge on any atom is 0.308 e. The van der Waals surface area contributed by atoms with E-state index in [4.69, 9.17) is 4.42 Å². The molecule has 2 heterocycles. The summed E-state index contributed by atoms with van der Waals surface area (Å²) in [5, 5.41) is 10.4. The number of carboxylic acid groups (broad SMARTS) is 1. The molecule has 1 unspecified atom stereocenters. The van der Waals surface area contributed by atoms with E-state index in [0.29, 0.717) is 31.4 Å². The van der Waals surface area contributed by atoms with Crippen molar-refractivity contribution in [2.45, 2.75) is 19.3 Å². The van der Waals surface area contributed by atoms with Crippen LogP contribution in [-0.2, 0) is 11.2 Å². The number of hydrogen-bond donors (Lipinski definition) is 1. The molecule has 0 bridgehead atoms. The number of furan rings is 1. The number of amides is 1. The fraction of sp³-hybridized carbons (Fsp3) is 0.176. The second kappa shape index (κ2) is 10.6. The quantitative estimate of drug-likeness (QED) is 0.258. The fourth-order valence-electron chi connectivity index (χ4n) is 5.50.